The number of carbonyl (C=O) groups is 2. The summed E-state index contributed by atoms with van der Waals surface area (Å²) in [4.78, 5) is 27.9. The van der Waals surface area contributed by atoms with Crippen LogP contribution in [0, 0.1) is 6.92 Å². The second kappa shape index (κ2) is 6.69. The van der Waals surface area contributed by atoms with Gasteiger partial charge in [-0.2, -0.15) is 0 Å². The smallest absolute Gasteiger partial charge is 0.341 e. The summed E-state index contributed by atoms with van der Waals surface area (Å²) in [6.45, 7) is 1.71. The predicted molar refractivity (Wildman–Crippen MR) is 82.0 cm³/mol. The second-order valence-electron chi connectivity index (χ2n) is 4.24. The highest BCUT2D eigenvalue weighted by atomic mass is 35.5. The van der Waals surface area contributed by atoms with Crippen molar-refractivity contribution in [3.05, 3.63) is 45.6 Å². The summed E-state index contributed by atoms with van der Waals surface area (Å²) in [7, 11) is 1.28. The Bertz CT molecular complexity index is 670. The average molecular weight is 325 g/mol. The molecule has 0 atom stereocenters. The molecule has 1 amide bonds. The number of nitrogens with one attached hydrogen (secondary N) is 1. The Labute approximate surface area is 130 Å². The minimum Gasteiger partial charge on any atom is -0.465 e. The molecule has 1 N–H and O–H groups in total. The zero-order chi connectivity index (χ0) is 15.4. The zero-order valence-corrected chi connectivity index (χ0v) is 13.0. The Hall–Kier alpha value is -1.92. The van der Waals surface area contributed by atoms with Gasteiger partial charge in [0.1, 0.15) is 5.00 Å². The molecule has 0 aliphatic carbocycles. The van der Waals surface area contributed by atoms with Crippen LogP contribution in [0.4, 0.5) is 5.00 Å². The van der Waals surface area contributed by atoms with E-state index in [1.165, 1.54) is 7.11 Å². The predicted octanol–water partition coefficient (Wildman–Crippen LogP) is 3.07. The molecule has 7 heteroatoms. The van der Waals surface area contributed by atoms with Gasteiger partial charge >= 0.3 is 5.97 Å². The molecule has 0 aromatic carbocycles. The van der Waals surface area contributed by atoms with Crippen LogP contribution in [0.25, 0.3) is 0 Å². The van der Waals surface area contributed by atoms with Gasteiger partial charge in [-0.05, 0) is 24.6 Å². The van der Waals surface area contributed by atoms with Gasteiger partial charge < -0.3 is 10.1 Å². The summed E-state index contributed by atoms with van der Waals surface area (Å²) < 4.78 is 5.16. The van der Waals surface area contributed by atoms with E-state index in [2.05, 4.69) is 10.3 Å². The summed E-state index contributed by atoms with van der Waals surface area (Å²) in [5.74, 6) is -0.791. The molecule has 110 valence electrons. The molecule has 0 spiro atoms. The number of rotatable bonds is 4. The normalized spacial score (nSPS) is 10.2. The SMILES string of the molecule is COC(=O)c1c(NC(=O)Cc2ccccn2)sc(Cl)c1C. The van der Waals surface area contributed by atoms with Crippen LogP contribution in [0.15, 0.2) is 24.4 Å². The van der Waals surface area contributed by atoms with Gasteiger partial charge in [0.05, 0.1) is 23.4 Å². The molecule has 0 aliphatic heterocycles. The molecule has 21 heavy (non-hydrogen) atoms. The number of methoxy groups -OCH3 is 1. The zero-order valence-electron chi connectivity index (χ0n) is 11.5. The van der Waals surface area contributed by atoms with Crippen LogP contribution in [-0.2, 0) is 16.0 Å². The molecule has 0 radical (unpaired) electrons. The van der Waals surface area contributed by atoms with Crippen molar-refractivity contribution < 1.29 is 14.3 Å². The Morgan fingerprint density at radius 3 is 2.81 bits per heavy atom. The quantitative estimate of drug-likeness (QED) is 0.878. The Morgan fingerprint density at radius 2 is 2.19 bits per heavy atom. The van der Waals surface area contributed by atoms with Crippen molar-refractivity contribution in [3.8, 4) is 0 Å². The van der Waals surface area contributed by atoms with Crippen molar-refractivity contribution in [3.63, 3.8) is 0 Å². The first-order chi connectivity index (χ1) is 10.0. The van der Waals surface area contributed by atoms with Gasteiger partial charge in [0, 0.05) is 11.9 Å². The number of nitrogens with zero attached hydrogens (tertiary/aromatic N) is 1. The fourth-order valence-electron chi connectivity index (χ4n) is 1.76. The summed E-state index contributed by atoms with van der Waals surface area (Å²) in [6.07, 6.45) is 1.74. The van der Waals surface area contributed by atoms with Gasteiger partial charge in [-0.1, -0.05) is 17.7 Å². The van der Waals surface area contributed by atoms with Crippen LogP contribution >= 0.6 is 22.9 Å². The number of carbonyl (C=O) groups excluding carboxylic acids is 2. The van der Waals surface area contributed by atoms with E-state index in [0.717, 1.165) is 11.3 Å². The number of thiophene rings is 1. The van der Waals surface area contributed by atoms with E-state index in [9.17, 15) is 9.59 Å². The Morgan fingerprint density at radius 1 is 1.43 bits per heavy atom. The number of esters is 1. The van der Waals surface area contributed by atoms with Crippen molar-refractivity contribution >= 4 is 39.8 Å². The number of pyridine rings is 1. The minimum atomic E-state index is -0.524. The van der Waals surface area contributed by atoms with E-state index >= 15 is 0 Å². The first kappa shape index (κ1) is 15.5. The Balaban J connectivity index is 2.18. The van der Waals surface area contributed by atoms with Crippen molar-refractivity contribution in [2.45, 2.75) is 13.3 Å². The summed E-state index contributed by atoms with van der Waals surface area (Å²) in [6, 6.07) is 5.34. The summed E-state index contributed by atoms with van der Waals surface area (Å²) in [5, 5.41) is 3.08. The van der Waals surface area contributed by atoms with E-state index < -0.39 is 5.97 Å². The van der Waals surface area contributed by atoms with Crippen LogP contribution in [0.5, 0.6) is 0 Å². The van der Waals surface area contributed by atoms with E-state index in [0.29, 0.717) is 26.2 Å². The first-order valence-corrected chi connectivity index (χ1v) is 7.29. The summed E-state index contributed by atoms with van der Waals surface area (Å²) in [5.41, 5.74) is 1.54. The molecule has 2 aromatic heterocycles. The molecule has 2 aromatic rings. The van der Waals surface area contributed by atoms with E-state index in [4.69, 9.17) is 16.3 Å². The van der Waals surface area contributed by atoms with Crippen molar-refractivity contribution in [1.29, 1.82) is 0 Å². The Kier molecular flexibility index (Phi) is 4.93. The number of halogens is 1. The van der Waals surface area contributed by atoms with E-state index in [1.807, 2.05) is 6.07 Å². The minimum absolute atomic E-state index is 0.121. The maximum atomic E-state index is 12.0. The first-order valence-electron chi connectivity index (χ1n) is 6.10. The molecule has 5 nitrogen and oxygen atoms in total. The lowest BCUT2D eigenvalue weighted by atomic mass is 10.2. The largest absolute Gasteiger partial charge is 0.465 e. The number of aromatic nitrogens is 1. The monoisotopic (exact) mass is 324 g/mol. The molecular weight excluding hydrogens is 312 g/mol. The molecule has 2 rings (SSSR count). The van der Waals surface area contributed by atoms with Crippen LogP contribution in [0.1, 0.15) is 21.6 Å². The number of hydrogen-bond acceptors (Lipinski definition) is 5. The third-order valence-corrected chi connectivity index (χ3v) is 4.31. The highest BCUT2D eigenvalue weighted by Crippen LogP contribution is 2.37. The molecule has 0 bridgehead atoms. The summed E-state index contributed by atoms with van der Waals surface area (Å²) >= 11 is 7.16. The molecule has 0 fully saturated rings. The lowest BCUT2D eigenvalue weighted by Crippen LogP contribution is -2.16. The van der Waals surface area contributed by atoms with Gasteiger partial charge in [-0.3, -0.25) is 9.78 Å². The van der Waals surface area contributed by atoms with Gasteiger partial charge in [0.25, 0.3) is 0 Å². The van der Waals surface area contributed by atoms with Gasteiger partial charge in [0.2, 0.25) is 5.91 Å². The number of hydrogen-bond donors (Lipinski definition) is 1. The lowest BCUT2D eigenvalue weighted by Gasteiger charge is -2.05. The number of anilines is 1. The molecule has 2 heterocycles. The topological polar surface area (TPSA) is 68.3 Å². The number of amides is 1. The third-order valence-electron chi connectivity index (χ3n) is 2.80. The maximum absolute atomic E-state index is 12.0. The van der Waals surface area contributed by atoms with Crippen molar-refractivity contribution in [2.75, 3.05) is 12.4 Å². The molecule has 0 aliphatic rings. The molecule has 0 saturated carbocycles. The second-order valence-corrected chi connectivity index (χ2v) is 5.87. The van der Waals surface area contributed by atoms with Crippen LogP contribution < -0.4 is 5.32 Å². The average Bonchev–Trinajstić information content (AvgIpc) is 2.74. The highest BCUT2D eigenvalue weighted by Gasteiger charge is 2.22. The maximum Gasteiger partial charge on any atom is 0.341 e. The van der Waals surface area contributed by atoms with E-state index in [1.54, 1.807) is 25.3 Å². The standard InChI is InChI=1S/C14H13ClN2O3S/c1-8-11(14(19)20-2)13(21-12(8)15)17-10(18)7-9-5-3-4-6-16-9/h3-6H,7H2,1-2H3,(H,17,18). The fourth-order valence-corrected chi connectivity index (χ4v) is 3.02. The number of ether oxygens (including phenoxy) is 1. The van der Waals surface area contributed by atoms with Gasteiger partial charge in [-0.25, -0.2) is 4.79 Å². The van der Waals surface area contributed by atoms with Crippen LogP contribution in [0.3, 0.4) is 0 Å². The van der Waals surface area contributed by atoms with Crippen LogP contribution in [-0.4, -0.2) is 24.0 Å². The van der Waals surface area contributed by atoms with Crippen LogP contribution in [0.2, 0.25) is 4.34 Å². The lowest BCUT2D eigenvalue weighted by molar-refractivity contribution is -0.115. The van der Waals surface area contributed by atoms with Crippen molar-refractivity contribution in [1.82, 2.24) is 4.98 Å². The van der Waals surface area contributed by atoms with Crippen molar-refractivity contribution in [2.24, 2.45) is 0 Å². The molecule has 0 unspecified atom stereocenters. The molecule has 0 saturated heterocycles. The van der Waals surface area contributed by atoms with Gasteiger partial charge in [-0.15, -0.1) is 11.3 Å². The van der Waals surface area contributed by atoms with E-state index in [-0.39, 0.29) is 12.3 Å². The third kappa shape index (κ3) is 3.59. The van der Waals surface area contributed by atoms with Gasteiger partial charge in [0.15, 0.2) is 0 Å². The fraction of sp³-hybridized carbons (Fsp3) is 0.214. The molecular formula is C14H13ClN2O3S. The highest BCUT2D eigenvalue weighted by molar-refractivity contribution is 7.20.